The minimum Gasteiger partial charge on any atom is -0.353 e. The predicted octanol–water partition coefficient (Wildman–Crippen LogP) is 2.34. The molecule has 1 amide bonds. The molecule has 0 heterocycles. The van der Waals surface area contributed by atoms with Gasteiger partial charge < -0.3 is 5.32 Å². The monoisotopic (exact) mass is 183 g/mol. The van der Waals surface area contributed by atoms with Gasteiger partial charge in [-0.1, -0.05) is 13.8 Å². The molecule has 1 N–H and O–H groups in total. The highest BCUT2D eigenvalue weighted by molar-refractivity contribution is 5.81. The summed E-state index contributed by atoms with van der Waals surface area (Å²) in [6, 6.07) is 0.357. The molecule has 0 aromatic heterocycles. The van der Waals surface area contributed by atoms with Crippen molar-refractivity contribution < 1.29 is 4.79 Å². The maximum Gasteiger partial charge on any atom is 0.223 e. The van der Waals surface area contributed by atoms with Crippen LogP contribution in [-0.4, -0.2) is 11.9 Å². The summed E-state index contributed by atoms with van der Waals surface area (Å²) in [5.41, 5.74) is 0. The number of carbonyl (C=O) groups is 1. The van der Waals surface area contributed by atoms with E-state index in [1.54, 1.807) is 0 Å². The summed E-state index contributed by atoms with van der Waals surface area (Å²) in [5, 5.41) is 3.06. The summed E-state index contributed by atoms with van der Waals surface area (Å²) in [6.45, 7) is 6.54. The lowest BCUT2D eigenvalue weighted by Gasteiger charge is -2.14. The van der Waals surface area contributed by atoms with Crippen molar-refractivity contribution in [1.82, 2.24) is 5.32 Å². The molecule has 2 heteroatoms. The van der Waals surface area contributed by atoms with Gasteiger partial charge in [-0.15, -0.1) is 0 Å². The summed E-state index contributed by atoms with van der Waals surface area (Å²) in [4.78, 5) is 11.3. The standard InChI is InChI=1S/C11H21NO/c1-8(2)4-5-9(3)12-11(13)10-6-7-10/h8-10H,4-7H2,1-3H3,(H,12,13). The molecule has 0 aromatic carbocycles. The van der Waals surface area contributed by atoms with Crippen LogP contribution in [-0.2, 0) is 4.79 Å². The second kappa shape index (κ2) is 4.64. The normalized spacial score (nSPS) is 18.8. The van der Waals surface area contributed by atoms with E-state index in [2.05, 4.69) is 26.1 Å². The smallest absolute Gasteiger partial charge is 0.223 e. The molecule has 0 saturated heterocycles. The van der Waals surface area contributed by atoms with Gasteiger partial charge in [-0.3, -0.25) is 4.79 Å². The van der Waals surface area contributed by atoms with E-state index >= 15 is 0 Å². The van der Waals surface area contributed by atoms with Crippen LogP contribution < -0.4 is 5.32 Å². The van der Waals surface area contributed by atoms with E-state index in [1.165, 1.54) is 6.42 Å². The predicted molar refractivity (Wildman–Crippen MR) is 54.4 cm³/mol. The Balaban J connectivity index is 2.09. The molecule has 13 heavy (non-hydrogen) atoms. The Morgan fingerprint density at radius 2 is 1.92 bits per heavy atom. The molecule has 2 nitrogen and oxygen atoms in total. The Bertz CT molecular complexity index is 173. The van der Waals surface area contributed by atoms with E-state index in [-0.39, 0.29) is 5.91 Å². The number of rotatable bonds is 5. The van der Waals surface area contributed by atoms with Gasteiger partial charge in [0, 0.05) is 12.0 Å². The first-order chi connectivity index (χ1) is 6.09. The fourth-order valence-electron chi connectivity index (χ4n) is 1.36. The van der Waals surface area contributed by atoms with Gasteiger partial charge in [-0.25, -0.2) is 0 Å². The fraction of sp³-hybridized carbons (Fsp3) is 0.909. The number of hydrogen-bond acceptors (Lipinski definition) is 1. The average Bonchev–Trinajstić information content (AvgIpc) is 2.82. The Kier molecular flexibility index (Phi) is 3.76. The summed E-state index contributed by atoms with van der Waals surface area (Å²) < 4.78 is 0. The highest BCUT2D eigenvalue weighted by Crippen LogP contribution is 2.29. The number of hydrogen-bond donors (Lipinski definition) is 1. The van der Waals surface area contributed by atoms with Gasteiger partial charge in [0.2, 0.25) is 5.91 Å². The van der Waals surface area contributed by atoms with E-state index in [9.17, 15) is 4.79 Å². The molecule has 0 spiro atoms. The van der Waals surface area contributed by atoms with Crippen LogP contribution in [0.4, 0.5) is 0 Å². The molecule has 76 valence electrons. The molecule has 1 aliphatic rings. The fourth-order valence-corrected chi connectivity index (χ4v) is 1.36. The summed E-state index contributed by atoms with van der Waals surface area (Å²) in [7, 11) is 0. The van der Waals surface area contributed by atoms with Crippen molar-refractivity contribution >= 4 is 5.91 Å². The largest absolute Gasteiger partial charge is 0.353 e. The molecule has 1 aliphatic carbocycles. The van der Waals surface area contributed by atoms with Crippen LogP contribution in [0.2, 0.25) is 0 Å². The zero-order chi connectivity index (χ0) is 9.84. The minimum absolute atomic E-state index is 0.274. The molecule has 1 atom stereocenters. The van der Waals surface area contributed by atoms with Gasteiger partial charge in [0.1, 0.15) is 0 Å². The van der Waals surface area contributed by atoms with Crippen LogP contribution in [0.5, 0.6) is 0 Å². The van der Waals surface area contributed by atoms with E-state index in [4.69, 9.17) is 0 Å². The van der Waals surface area contributed by atoms with Crippen LogP contribution in [0.15, 0.2) is 0 Å². The van der Waals surface area contributed by atoms with Crippen molar-refractivity contribution in [1.29, 1.82) is 0 Å². The SMILES string of the molecule is CC(C)CCC(C)NC(=O)C1CC1. The van der Waals surface area contributed by atoms with Gasteiger partial charge in [0.25, 0.3) is 0 Å². The Morgan fingerprint density at radius 1 is 1.31 bits per heavy atom. The van der Waals surface area contributed by atoms with Gasteiger partial charge in [0.15, 0.2) is 0 Å². The van der Waals surface area contributed by atoms with Crippen molar-refractivity contribution in [2.24, 2.45) is 11.8 Å². The average molecular weight is 183 g/mol. The van der Waals surface area contributed by atoms with Crippen molar-refractivity contribution in [2.45, 2.75) is 52.5 Å². The van der Waals surface area contributed by atoms with E-state index in [0.29, 0.717) is 12.0 Å². The maximum absolute atomic E-state index is 11.3. The molecule has 1 rings (SSSR count). The molecule has 0 bridgehead atoms. The van der Waals surface area contributed by atoms with Gasteiger partial charge in [-0.05, 0) is 38.5 Å². The van der Waals surface area contributed by atoms with Crippen LogP contribution in [0, 0.1) is 11.8 Å². The third-order valence-corrected chi connectivity index (χ3v) is 2.51. The third kappa shape index (κ3) is 4.30. The highest BCUT2D eigenvalue weighted by Gasteiger charge is 2.29. The zero-order valence-electron chi connectivity index (χ0n) is 8.97. The lowest BCUT2D eigenvalue weighted by Crippen LogP contribution is -2.33. The lowest BCUT2D eigenvalue weighted by molar-refractivity contribution is -0.122. The molecule has 1 unspecified atom stereocenters. The van der Waals surface area contributed by atoms with Crippen molar-refractivity contribution in [3.63, 3.8) is 0 Å². The van der Waals surface area contributed by atoms with E-state index < -0.39 is 0 Å². The van der Waals surface area contributed by atoms with Crippen LogP contribution in [0.1, 0.15) is 46.5 Å². The third-order valence-electron chi connectivity index (χ3n) is 2.51. The van der Waals surface area contributed by atoms with E-state index in [1.807, 2.05) is 0 Å². The molecule has 0 radical (unpaired) electrons. The topological polar surface area (TPSA) is 29.1 Å². The van der Waals surface area contributed by atoms with Crippen LogP contribution in [0.25, 0.3) is 0 Å². The highest BCUT2D eigenvalue weighted by atomic mass is 16.2. The first-order valence-electron chi connectivity index (χ1n) is 5.40. The first-order valence-corrected chi connectivity index (χ1v) is 5.40. The quantitative estimate of drug-likeness (QED) is 0.696. The van der Waals surface area contributed by atoms with E-state index in [0.717, 1.165) is 25.2 Å². The Morgan fingerprint density at radius 3 is 2.38 bits per heavy atom. The van der Waals surface area contributed by atoms with Gasteiger partial charge >= 0.3 is 0 Å². The molecular formula is C11H21NO. The van der Waals surface area contributed by atoms with Crippen molar-refractivity contribution in [2.75, 3.05) is 0 Å². The van der Waals surface area contributed by atoms with Crippen LogP contribution >= 0.6 is 0 Å². The molecule has 0 aliphatic heterocycles. The van der Waals surface area contributed by atoms with Crippen molar-refractivity contribution in [3.8, 4) is 0 Å². The van der Waals surface area contributed by atoms with Crippen LogP contribution in [0.3, 0.4) is 0 Å². The Hall–Kier alpha value is -0.530. The molecule has 0 aromatic rings. The summed E-state index contributed by atoms with van der Waals surface area (Å²) in [6.07, 6.45) is 4.51. The minimum atomic E-state index is 0.274. The molecule has 1 fully saturated rings. The second-order valence-electron chi connectivity index (χ2n) is 4.66. The summed E-state index contributed by atoms with van der Waals surface area (Å²) in [5.74, 6) is 1.36. The molecular weight excluding hydrogens is 162 g/mol. The lowest BCUT2D eigenvalue weighted by atomic mass is 10.0. The van der Waals surface area contributed by atoms with Gasteiger partial charge in [-0.2, -0.15) is 0 Å². The second-order valence-corrected chi connectivity index (χ2v) is 4.66. The molecule has 1 saturated carbocycles. The Labute approximate surface area is 81.1 Å². The zero-order valence-corrected chi connectivity index (χ0v) is 8.97. The van der Waals surface area contributed by atoms with Crippen molar-refractivity contribution in [3.05, 3.63) is 0 Å². The van der Waals surface area contributed by atoms with Gasteiger partial charge in [0.05, 0.1) is 0 Å². The number of nitrogens with one attached hydrogen (secondary N) is 1. The maximum atomic E-state index is 11.3. The number of carbonyl (C=O) groups excluding carboxylic acids is 1. The number of amides is 1. The first kappa shape index (κ1) is 10.6. The summed E-state index contributed by atoms with van der Waals surface area (Å²) >= 11 is 0.